The molecule has 4 nitrogen and oxygen atoms in total. The van der Waals surface area contributed by atoms with Crippen LogP contribution < -0.4 is 5.32 Å². The standard InChI is InChI=1S/C20H21F2NO3/c1-20(2,3)13-9-7-12(8-10-13)11-16(19(25)26)23-18(24)14-5-4-6-15(21)17(14)22/h4-10,16H,11H2,1-3H3,(H,23,24)(H,25,26)/t16-/m0/s1. The second-order valence-electron chi connectivity index (χ2n) is 7.12. The van der Waals surface area contributed by atoms with Crippen LogP contribution in [0.1, 0.15) is 42.3 Å². The van der Waals surface area contributed by atoms with Crippen molar-refractivity contribution in [2.45, 2.75) is 38.6 Å². The molecule has 0 aliphatic rings. The Morgan fingerprint density at radius 2 is 1.69 bits per heavy atom. The predicted molar refractivity (Wildman–Crippen MR) is 94.1 cm³/mol. The Morgan fingerprint density at radius 1 is 1.08 bits per heavy atom. The number of aliphatic carboxylic acids is 1. The van der Waals surface area contributed by atoms with Crippen molar-refractivity contribution in [1.29, 1.82) is 0 Å². The molecule has 0 heterocycles. The first-order chi connectivity index (χ1) is 12.1. The van der Waals surface area contributed by atoms with E-state index < -0.39 is 35.1 Å². The molecular formula is C20H21F2NO3. The summed E-state index contributed by atoms with van der Waals surface area (Å²) in [4.78, 5) is 23.6. The van der Waals surface area contributed by atoms with Crippen LogP contribution in [0.3, 0.4) is 0 Å². The molecule has 2 aromatic carbocycles. The zero-order chi connectivity index (χ0) is 19.5. The third kappa shape index (κ3) is 4.65. The summed E-state index contributed by atoms with van der Waals surface area (Å²) in [5, 5.41) is 11.6. The summed E-state index contributed by atoms with van der Waals surface area (Å²) in [7, 11) is 0. The van der Waals surface area contributed by atoms with Crippen molar-refractivity contribution in [1.82, 2.24) is 5.32 Å². The van der Waals surface area contributed by atoms with Gasteiger partial charge < -0.3 is 10.4 Å². The van der Waals surface area contributed by atoms with E-state index in [4.69, 9.17) is 0 Å². The fourth-order valence-corrected chi connectivity index (χ4v) is 2.49. The minimum absolute atomic E-state index is 0.0302. The first-order valence-corrected chi connectivity index (χ1v) is 8.16. The number of carbonyl (C=O) groups excluding carboxylic acids is 1. The molecule has 0 spiro atoms. The lowest BCUT2D eigenvalue weighted by atomic mass is 9.86. The zero-order valence-electron chi connectivity index (χ0n) is 14.8. The van der Waals surface area contributed by atoms with Gasteiger partial charge >= 0.3 is 5.97 Å². The van der Waals surface area contributed by atoms with Gasteiger partial charge in [0.05, 0.1) is 5.56 Å². The summed E-state index contributed by atoms with van der Waals surface area (Å²) in [5.41, 5.74) is 1.25. The third-order valence-corrected chi connectivity index (χ3v) is 4.06. The summed E-state index contributed by atoms with van der Waals surface area (Å²) < 4.78 is 26.9. The lowest BCUT2D eigenvalue weighted by Gasteiger charge is -2.20. The molecule has 0 bridgehead atoms. The number of nitrogens with one attached hydrogen (secondary N) is 1. The van der Waals surface area contributed by atoms with E-state index in [1.165, 1.54) is 6.07 Å². The van der Waals surface area contributed by atoms with Crippen molar-refractivity contribution in [3.63, 3.8) is 0 Å². The topological polar surface area (TPSA) is 66.4 Å². The van der Waals surface area contributed by atoms with Gasteiger partial charge in [-0.1, -0.05) is 51.1 Å². The largest absolute Gasteiger partial charge is 0.480 e. The molecule has 2 N–H and O–H groups in total. The highest BCUT2D eigenvalue weighted by Gasteiger charge is 2.24. The van der Waals surface area contributed by atoms with Crippen LogP contribution in [0.15, 0.2) is 42.5 Å². The van der Waals surface area contributed by atoms with Gasteiger partial charge in [0, 0.05) is 6.42 Å². The number of benzene rings is 2. The van der Waals surface area contributed by atoms with Gasteiger partial charge in [0.25, 0.3) is 5.91 Å². The van der Waals surface area contributed by atoms with E-state index in [2.05, 4.69) is 26.1 Å². The highest BCUT2D eigenvalue weighted by molar-refractivity contribution is 5.96. The molecule has 0 aliphatic heterocycles. The van der Waals surface area contributed by atoms with Crippen molar-refractivity contribution in [3.8, 4) is 0 Å². The summed E-state index contributed by atoms with van der Waals surface area (Å²) in [6.07, 6.45) is 0.0302. The van der Waals surface area contributed by atoms with Gasteiger partial charge in [-0.25, -0.2) is 13.6 Å². The Hall–Kier alpha value is -2.76. The Kier molecular flexibility index (Phi) is 5.75. The maximum atomic E-state index is 13.7. The number of carbonyl (C=O) groups is 2. The fraction of sp³-hybridized carbons (Fsp3) is 0.300. The average Bonchev–Trinajstić information content (AvgIpc) is 2.56. The molecule has 0 aromatic heterocycles. The molecule has 26 heavy (non-hydrogen) atoms. The van der Waals surface area contributed by atoms with E-state index in [0.717, 1.165) is 17.7 Å². The monoisotopic (exact) mass is 361 g/mol. The first kappa shape index (κ1) is 19.6. The first-order valence-electron chi connectivity index (χ1n) is 8.16. The lowest BCUT2D eigenvalue weighted by molar-refractivity contribution is -0.139. The Labute approximate surface area is 150 Å². The minimum atomic E-state index is -1.30. The molecule has 2 aromatic rings. The normalized spacial score (nSPS) is 12.5. The highest BCUT2D eigenvalue weighted by atomic mass is 19.2. The van der Waals surface area contributed by atoms with E-state index >= 15 is 0 Å². The predicted octanol–water partition coefficient (Wildman–Crippen LogP) is 3.69. The van der Waals surface area contributed by atoms with E-state index in [9.17, 15) is 23.5 Å². The Balaban J connectivity index is 2.15. The molecule has 1 amide bonds. The minimum Gasteiger partial charge on any atom is -0.480 e. The number of hydrogen-bond donors (Lipinski definition) is 2. The zero-order valence-corrected chi connectivity index (χ0v) is 14.8. The van der Waals surface area contributed by atoms with Gasteiger partial charge in [-0.15, -0.1) is 0 Å². The van der Waals surface area contributed by atoms with Crippen LogP contribution in [0.4, 0.5) is 8.78 Å². The van der Waals surface area contributed by atoms with Crippen LogP contribution >= 0.6 is 0 Å². The summed E-state index contributed by atoms with van der Waals surface area (Å²) in [6, 6.07) is 9.32. The van der Waals surface area contributed by atoms with E-state index in [1.54, 1.807) is 12.1 Å². The lowest BCUT2D eigenvalue weighted by Crippen LogP contribution is -2.42. The molecule has 0 unspecified atom stereocenters. The number of rotatable bonds is 5. The maximum absolute atomic E-state index is 13.7. The second kappa shape index (κ2) is 7.64. The van der Waals surface area contributed by atoms with E-state index in [-0.39, 0.29) is 11.8 Å². The summed E-state index contributed by atoms with van der Waals surface area (Å²) in [5.74, 6) is -4.69. The second-order valence-corrected chi connectivity index (χ2v) is 7.12. The molecule has 0 radical (unpaired) electrons. The molecule has 138 valence electrons. The van der Waals surface area contributed by atoms with Crippen molar-refractivity contribution in [2.24, 2.45) is 0 Å². The molecule has 0 saturated heterocycles. The van der Waals surface area contributed by atoms with Gasteiger partial charge in [-0.3, -0.25) is 4.79 Å². The van der Waals surface area contributed by atoms with Crippen molar-refractivity contribution < 1.29 is 23.5 Å². The van der Waals surface area contributed by atoms with Gasteiger partial charge in [-0.05, 0) is 28.7 Å². The Morgan fingerprint density at radius 3 is 2.23 bits per heavy atom. The van der Waals surface area contributed by atoms with Crippen LogP contribution in [0.2, 0.25) is 0 Å². The van der Waals surface area contributed by atoms with Gasteiger partial charge in [0.2, 0.25) is 0 Å². The summed E-state index contributed by atoms with van der Waals surface area (Å²) >= 11 is 0. The van der Waals surface area contributed by atoms with Crippen molar-refractivity contribution in [3.05, 3.63) is 70.8 Å². The smallest absolute Gasteiger partial charge is 0.326 e. The van der Waals surface area contributed by atoms with Crippen LogP contribution in [-0.2, 0) is 16.6 Å². The Bertz CT molecular complexity index is 811. The third-order valence-electron chi connectivity index (χ3n) is 4.06. The highest BCUT2D eigenvalue weighted by Crippen LogP contribution is 2.22. The van der Waals surface area contributed by atoms with Gasteiger partial charge in [0.1, 0.15) is 6.04 Å². The number of carboxylic acid groups (broad SMARTS) is 1. The molecule has 6 heteroatoms. The van der Waals surface area contributed by atoms with Gasteiger partial charge in [-0.2, -0.15) is 0 Å². The number of carboxylic acids is 1. The molecule has 0 fully saturated rings. The number of halogens is 2. The van der Waals surface area contributed by atoms with Crippen LogP contribution in [0.5, 0.6) is 0 Å². The maximum Gasteiger partial charge on any atom is 0.326 e. The number of amides is 1. The molecule has 2 rings (SSSR count). The molecular weight excluding hydrogens is 340 g/mol. The fourth-order valence-electron chi connectivity index (χ4n) is 2.49. The molecule has 0 aliphatic carbocycles. The van der Waals surface area contributed by atoms with Crippen LogP contribution in [0.25, 0.3) is 0 Å². The average molecular weight is 361 g/mol. The molecule has 0 saturated carbocycles. The number of hydrogen-bond acceptors (Lipinski definition) is 2. The van der Waals surface area contributed by atoms with Crippen molar-refractivity contribution >= 4 is 11.9 Å². The van der Waals surface area contributed by atoms with Crippen molar-refractivity contribution in [2.75, 3.05) is 0 Å². The van der Waals surface area contributed by atoms with Crippen LogP contribution in [-0.4, -0.2) is 23.0 Å². The van der Waals surface area contributed by atoms with Gasteiger partial charge in [0.15, 0.2) is 11.6 Å². The quantitative estimate of drug-likeness (QED) is 0.854. The van der Waals surface area contributed by atoms with Crippen LogP contribution in [0, 0.1) is 11.6 Å². The SMILES string of the molecule is CC(C)(C)c1ccc(C[C@H](NC(=O)c2cccc(F)c2F)C(=O)O)cc1. The van der Waals surface area contributed by atoms with E-state index in [0.29, 0.717) is 5.56 Å². The van der Waals surface area contributed by atoms with E-state index in [1.807, 2.05) is 12.1 Å². The molecule has 1 atom stereocenters. The summed E-state index contributed by atoms with van der Waals surface area (Å²) in [6.45, 7) is 6.20.